The fourth-order valence-corrected chi connectivity index (χ4v) is 3.07. The Balaban J connectivity index is 1.97. The van der Waals surface area contributed by atoms with Crippen molar-refractivity contribution >= 4 is 23.6 Å². The van der Waals surface area contributed by atoms with Crippen molar-refractivity contribution in [3.63, 3.8) is 0 Å². The number of nitrogens with one attached hydrogen (secondary N) is 2. The van der Waals surface area contributed by atoms with Gasteiger partial charge in [0.1, 0.15) is 0 Å². The Labute approximate surface area is 136 Å². The van der Waals surface area contributed by atoms with Gasteiger partial charge in [-0.25, -0.2) is 4.79 Å². The van der Waals surface area contributed by atoms with Gasteiger partial charge in [-0.15, -0.1) is 6.58 Å². The fraction of sp³-hybridized carbons (Fsp3) is 0.625. The normalized spacial score (nSPS) is 23.9. The van der Waals surface area contributed by atoms with Crippen LogP contribution >= 0.6 is 0 Å². The summed E-state index contributed by atoms with van der Waals surface area (Å²) in [5.74, 6) is -2.12. The average Bonchev–Trinajstić information content (AvgIpc) is 2.52. The van der Waals surface area contributed by atoms with Gasteiger partial charge >= 0.3 is 6.03 Å². The number of piperidine rings is 1. The summed E-state index contributed by atoms with van der Waals surface area (Å²) < 4.78 is 0. The summed E-state index contributed by atoms with van der Waals surface area (Å²) in [5, 5.41) is 2.21. The Hall–Kier alpha value is -2.02. The fourth-order valence-electron chi connectivity index (χ4n) is 3.07. The molecule has 2 heterocycles. The first-order valence-electron chi connectivity index (χ1n) is 8.16. The summed E-state index contributed by atoms with van der Waals surface area (Å²) in [5.41, 5.74) is 0.463. The van der Waals surface area contributed by atoms with E-state index >= 15 is 0 Å². The minimum Gasteiger partial charge on any atom is -0.333 e. The Morgan fingerprint density at radius 2 is 2.04 bits per heavy atom. The van der Waals surface area contributed by atoms with Crippen LogP contribution in [0.5, 0.6) is 0 Å². The molecule has 2 aliphatic heterocycles. The van der Waals surface area contributed by atoms with Crippen LogP contribution in [-0.4, -0.2) is 61.2 Å². The number of carbonyl (C=O) groups is 3. The summed E-state index contributed by atoms with van der Waals surface area (Å²) in [7, 11) is 0. The summed E-state index contributed by atoms with van der Waals surface area (Å²) in [6.45, 7) is 9.12. The number of barbiturate groups is 1. The van der Waals surface area contributed by atoms with E-state index in [9.17, 15) is 14.4 Å². The Bertz CT molecular complexity index is 523. The van der Waals surface area contributed by atoms with E-state index < -0.39 is 23.8 Å². The highest BCUT2D eigenvalue weighted by Gasteiger charge is 2.41. The third-order valence-corrected chi connectivity index (χ3v) is 4.37. The van der Waals surface area contributed by atoms with Crippen LogP contribution in [0.15, 0.2) is 17.6 Å². The predicted molar refractivity (Wildman–Crippen MR) is 86.3 cm³/mol. The smallest absolute Gasteiger partial charge is 0.331 e. The molecule has 0 spiro atoms. The number of hydrogen-bond acceptors (Lipinski definition) is 4. The van der Waals surface area contributed by atoms with Gasteiger partial charge in [0.2, 0.25) is 11.8 Å². The SMILES string of the molecule is C=CCN1C(=O)NC(=O)C(C(C)=NCC[NH+]2CCCCC2)C1=O. The lowest BCUT2D eigenvalue weighted by atomic mass is 9.99. The second-order valence-electron chi connectivity index (χ2n) is 6.05. The third kappa shape index (κ3) is 4.25. The van der Waals surface area contributed by atoms with E-state index in [-0.39, 0.29) is 6.54 Å². The zero-order valence-electron chi connectivity index (χ0n) is 13.6. The predicted octanol–water partition coefficient (Wildman–Crippen LogP) is -0.603. The Kier molecular flexibility index (Phi) is 6.04. The molecule has 2 rings (SSSR count). The largest absolute Gasteiger partial charge is 0.333 e. The molecule has 0 aromatic heterocycles. The molecule has 0 aliphatic carbocycles. The number of urea groups is 1. The first-order chi connectivity index (χ1) is 11.0. The van der Waals surface area contributed by atoms with Crippen LogP contribution in [0, 0.1) is 5.92 Å². The lowest BCUT2D eigenvalue weighted by Gasteiger charge is -2.29. The minimum absolute atomic E-state index is 0.0830. The molecule has 0 saturated carbocycles. The molecule has 7 heteroatoms. The van der Waals surface area contributed by atoms with Crippen LogP contribution in [0.4, 0.5) is 4.79 Å². The van der Waals surface area contributed by atoms with Gasteiger partial charge < -0.3 is 4.90 Å². The van der Waals surface area contributed by atoms with E-state index in [0.29, 0.717) is 12.3 Å². The molecule has 1 unspecified atom stereocenters. The number of carbonyl (C=O) groups excluding carboxylic acids is 3. The van der Waals surface area contributed by atoms with E-state index in [1.54, 1.807) is 6.92 Å². The molecule has 7 nitrogen and oxygen atoms in total. The number of quaternary nitrogens is 1. The molecule has 2 saturated heterocycles. The summed E-state index contributed by atoms with van der Waals surface area (Å²) in [6.07, 6.45) is 5.26. The third-order valence-electron chi connectivity index (χ3n) is 4.37. The topological polar surface area (TPSA) is 83.3 Å². The quantitative estimate of drug-likeness (QED) is 0.389. The van der Waals surface area contributed by atoms with E-state index in [0.717, 1.165) is 11.4 Å². The maximum Gasteiger partial charge on any atom is 0.331 e. The van der Waals surface area contributed by atoms with Crippen LogP contribution in [0.1, 0.15) is 26.2 Å². The van der Waals surface area contributed by atoms with Crippen LogP contribution in [-0.2, 0) is 9.59 Å². The van der Waals surface area contributed by atoms with Crippen molar-refractivity contribution in [3.8, 4) is 0 Å². The molecule has 0 aromatic carbocycles. The zero-order chi connectivity index (χ0) is 16.8. The molecule has 23 heavy (non-hydrogen) atoms. The van der Waals surface area contributed by atoms with E-state index in [1.807, 2.05) is 0 Å². The van der Waals surface area contributed by atoms with Gasteiger partial charge in [0, 0.05) is 12.3 Å². The lowest BCUT2D eigenvalue weighted by Crippen LogP contribution is -3.13. The summed E-state index contributed by atoms with van der Waals surface area (Å²) in [4.78, 5) is 42.9. The van der Waals surface area contributed by atoms with Crippen molar-refractivity contribution in [1.82, 2.24) is 10.2 Å². The molecule has 2 aliphatic rings. The molecule has 2 N–H and O–H groups in total. The summed E-state index contributed by atoms with van der Waals surface area (Å²) in [6, 6.07) is -0.693. The number of rotatable bonds is 6. The van der Waals surface area contributed by atoms with Crippen molar-refractivity contribution in [2.45, 2.75) is 26.2 Å². The number of amides is 4. The van der Waals surface area contributed by atoms with Gasteiger partial charge in [-0.05, 0) is 26.2 Å². The highest BCUT2D eigenvalue weighted by atomic mass is 16.2. The molecular weight excluding hydrogens is 296 g/mol. The summed E-state index contributed by atoms with van der Waals surface area (Å²) >= 11 is 0. The molecule has 4 amide bonds. The number of likely N-dealkylation sites (tertiary alicyclic amines) is 1. The van der Waals surface area contributed by atoms with Crippen molar-refractivity contribution in [2.24, 2.45) is 10.9 Å². The van der Waals surface area contributed by atoms with E-state index in [2.05, 4.69) is 16.9 Å². The zero-order valence-corrected chi connectivity index (χ0v) is 13.6. The molecule has 1 atom stereocenters. The van der Waals surface area contributed by atoms with Crippen molar-refractivity contribution < 1.29 is 19.3 Å². The highest BCUT2D eigenvalue weighted by Crippen LogP contribution is 2.12. The van der Waals surface area contributed by atoms with Gasteiger partial charge in [0.15, 0.2) is 5.92 Å². The van der Waals surface area contributed by atoms with Gasteiger partial charge in [-0.3, -0.25) is 24.8 Å². The van der Waals surface area contributed by atoms with Crippen molar-refractivity contribution in [2.75, 3.05) is 32.7 Å². The monoisotopic (exact) mass is 321 g/mol. The second-order valence-corrected chi connectivity index (χ2v) is 6.05. The number of nitrogens with zero attached hydrogens (tertiary/aromatic N) is 2. The maximum atomic E-state index is 12.4. The van der Waals surface area contributed by atoms with Crippen LogP contribution in [0.2, 0.25) is 0 Å². The van der Waals surface area contributed by atoms with Crippen LogP contribution < -0.4 is 10.2 Å². The first-order valence-corrected chi connectivity index (χ1v) is 8.16. The van der Waals surface area contributed by atoms with Gasteiger partial charge in [0.05, 0.1) is 26.2 Å². The van der Waals surface area contributed by atoms with Gasteiger partial charge in [-0.2, -0.15) is 0 Å². The molecule has 0 radical (unpaired) electrons. The Morgan fingerprint density at radius 3 is 2.70 bits per heavy atom. The Morgan fingerprint density at radius 1 is 1.35 bits per heavy atom. The first kappa shape index (κ1) is 17.3. The highest BCUT2D eigenvalue weighted by molar-refractivity contribution is 6.27. The molecule has 2 fully saturated rings. The van der Waals surface area contributed by atoms with Crippen molar-refractivity contribution in [1.29, 1.82) is 0 Å². The minimum atomic E-state index is -1.01. The molecule has 0 bridgehead atoms. The van der Waals surface area contributed by atoms with Gasteiger partial charge in [0.25, 0.3) is 0 Å². The van der Waals surface area contributed by atoms with Crippen molar-refractivity contribution in [3.05, 3.63) is 12.7 Å². The number of imide groups is 2. The van der Waals surface area contributed by atoms with E-state index in [1.165, 1.54) is 43.3 Å². The van der Waals surface area contributed by atoms with Crippen LogP contribution in [0.25, 0.3) is 0 Å². The van der Waals surface area contributed by atoms with E-state index in [4.69, 9.17) is 0 Å². The molecule has 0 aromatic rings. The average molecular weight is 321 g/mol. The molecule has 126 valence electrons. The van der Waals surface area contributed by atoms with Crippen LogP contribution in [0.3, 0.4) is 0 Å². The lowest BCUT2D eigenvalue weighted by molar-refractivity contribution is -0.903. The second kappa shape index (κ2) is 8.01. The van der Waals surface area contributed by atoms with Gasteiger partial charge in [-0.1, -0.05) is 6.08 Å². The number of aliphatic imine (C=N–C) groups is 1. The number of hydrogen-bond donors (Lipinski definition) is 2. The standard InChI is InChI=1S/C16H24N4O3/c1-3-8-20-15(22)13(14(21)18-16(20)23)12(2)17-7-11-19-9-5-4-6-10-19/h3,13H,1,4-11H2,2H3,(H,18,21,23)/p+1. The maximum absolute atomic E-state index is 12.4. The molecular formula is C16H25N4O3+.